The zero-order valence-electron chi connectivity index (χ0n) is 21.2. The smallest absolute Gasteiger partial charge is 0.487 e. The van der Waals surface area contributed by atoms with Crippen LogP contribution < -0.4 is 9.47 Å². The van der Waals surface area contributed by atoms with Gasteiger partial charge < -0.3 is 29.2 Å². The number of ether oxygens (including phenoxy) is 4. The lowest BCUT2D eigenvalue weighted by atomic mass is 9.78. The third kappa shape index (κ3) is 9.54. The van der Waals surface area contributed by atoms with Crippen LogP contribution in [0.4, 0.5) is 9.59 Å². The number of benzene rings is 2. The van der Waals surface area contributed by atoms with Gasteiger partial charge in [-0.1, -0.05) is 26.0 Å². The van der Waals surface area contributed by atoms with Gasteiger partial charge in [0.2, 0.25) is 0 Å². The molecule has 2 atom stereocenters. The van der Waals surface area contributed by atoms with Gasteiger partial charge in [-0.25, -0.2) is 9.59 Å². The van der Waals surface area contributed by atoms with Crippen molar-refractivity contribution >= 4 is 76.0 Å². The average Bonchev–Trinajstić information content (AvgIpc) is 2.82. The highest BCUT2D eigenvalue weighted by atomic mass is 79.9. The molecule has 2 unspecified atom stereocenters. The van der Waals surface area contributed by atoms with E-state index in [0.717, 1.165) is 11.1 Å². The van der Waals surface area contributed by atoms with Crippen molar-refractivity contribution in [1.29, 1.82) is 0 Å². The standard InChI is InChI=1S/C27H28Br4O8/c1-5-7-17(38-25(32)33)13-36-23-19(28)9-15(10-20(23)29)27(3,4)16-11-21(30)24(22(31)12-16)37-14-18(8-6-2)39-26(34)35/h5-6,9-12,17-18H,1-2,7-8,13-14H2,3-4H3,(H,32,33)(H,34,35). The van der Waals surface area contributed by atoms with E-state index in [1.807, 2.05) is 24.3 Å². The molecule has 0 saturated carbocycles. The van der Waals surface area contributed by atoms with Crippen molar-refractivity contribution in [2.45, 2.75) is 44.3 Å². The van der Waals surface area contributed by atoms with Crippen molar-refractivity contribution in [3.8, 4) is 11.5 Å². The van der Waals surface area contributed by atoms with Crippen LogP contribution in [0.5, 0.6) is 11.5 Å². The van der Waals surface area contributed by atoms with Gasteiger partial charge in [0.05, 0.1) is 17.9 Å². The number of rotatable bonds is 14. The molecule has 39 heavy (non-hydrogen) atoms. The van der Waals surface area contributed by atoms with Gasteiger partial charge in [0.25, 0.3) is 0 Å². The van der Waals surface area contributed by atoms with Gasteiger partial charge in [-0.15, -0.1) is 13.2 Å². The molecule has 0 aliphatic carbocycles. The van der Waals surface area contributed by atoms with Gasteiger partial charge in [0.1, 0.15) is 36.9 Å². The maximum Gasteiger partial charge on any atom is 0.506 e. The van der Waals surface area contributed by atoms with Gasteiger partial charge in [0, 0.05) is 18.3 Å². The van der Waals surface area contributed by atoms with Crippen molar-refractivity contribution in [2.24, 2.45) is 0 Å². The Morgan fingerprint density at radius 2 is 1.08 bits per heavy atom. The molecular formula is C27H28Br4O8. The Hall–Kier alpha value is -2.02. The molecule has 0 radical (unpaired) electrons. The fourth-order valence-electron chi connectivity index (χ4n) is 3.59. The summed E-state index contributed by atoms with van der Waals surface area (Å²) in [5.74, 6) is 1.03. The Labute approximate surface area is 260 Å². The summed E-state index contributed by atoms with van der Waals surface area (Å²) in [5.41, 5.74) is 1.46. The lowest BCUT2D eigenvalue weighted by molar-refractivity contribution is 0.0300. The molecule has 0 aliphatic heterocycles. The van der Waals surface area contributed by atoms with E-state index >= 15 is 0 Å². The van der Waals surface area contributed by atoms with E-state index in [0.29, 0.717) is 42.2 Å². The molecule has 0 saturated heterocycles. The quantitative estimate of drug-likeness (QED) is 0.144. The highest BCUT2D eigenvalue weighted by molar-refractivity contribution is 9.11. The van der Waals surface area contributed by atoms with E-state index in [1.54, 1.807) is 12.2 Å². The van der Waals surface area contributed by atoms with Crippen LogP contribution in [0.3, 0.4) is 0 Å². The number of hydrogen-bond acceptors (Lipinski definition) is 6. The summed E-state index contributed by atoms with van der Waals surface area (Å²) in [6.07, 6.45) is -0.346. The minimum absolute atomic E-state index is 0.0186. The van der Waals surface area contributed by atoms with Crippen molar-refractivity contribution in [3.05, 3.63) is 78.6 Å². The zero-order valence-corrected chi connectivity index (χ0v) is 27.6. The second kappa shape index (κ2) is 15.1. The van der Waals surface area contributed by atoms with Crippen LogP contribution >= 0.6 is 63.7 Å². The van der Waals surface area contributed by atoms with Gasteiger partial charge in [-0.05, 0) is 99.1 Å². The number of hydrogen-bond donors (Lipinski definition) is 2. The van der Waals surface area contributed by atoms with E-state index in [4.69, 9.17) is 29.2 Å². The molecule has 2 aromatic carbocycles. The molecule has 8 nitrogen and oxygen atoms in total. The maximum absolute atomic E-state index is 10.9. The molecule has 0 fully saturated rings. The summed E-state index contributed by atoms with van der Waals surface area (Å²) in [4.78, 5) is 21.9. The Morgan fingerprint density at radius 1 is 0.769 bits per heavy atom. The van der Waals surface area contributed by atoms with Crippen LogP contribution in [0.25, 0.3) is 0 Å². The predicted octanol–water partition coefficient (Wildman–Crippen LogP) is 9.10. The summed E-state index contributed by atoms with van der Waals surface area (Å²) in [6, 6.07) is 7.76. The van der Waals surface area contributed by atoms with Crippen LogP contribution in [-0.4, -0.2) is 47.9 Å². The summed E-state index contributed by atoms with van der Waals surface area (Å²) < 4.78 is 24.2. The van der Waals surface area contributed by atoms with Crippen molar-refractivity contribution in [3.63, 3.8) is 0 Å². The van der Waals surface area contributed by atoms with Crippen LogP contribution in [0.1, 0.15) is 37.8 Å². The van der Waals surface area contributed by atoms with Gasteiger partial charge in [0.15, 0.2) is 0 Å². The topological polar surface area (TPSA) is 112 Å². The van der Waals surface area contributed by atoms with Crippen LogP contribution in [-0.2, 0) is 14.9 Å². The maximum atomic E-state index is 10.9. The number of carbonyl (C=O) groups is 2. The fourth-order valence-corrected chi connectivity index (χ4v) is 6.42. The van der Waals surface area contributed by atoms with E-state index in [2.05, 4.69) is 90.7 Å². The summed E-state index contributed by atoms with van der Waals surface area (Å²) in [7, 11) is 0. The van der Waals surface area contributed by atoms with E-state index in [-0.39, 0.29) is 13.2 Å². The minimum atomic E-state index is -1.38. The monoisotopic (exact) mass is 796 g/mol. The number of halogens is 4. The normalized spacial score (nSPS) is 12.7. The Kier molecular flexibility index (Phi) is 12.9. The molecule has 212 valence electrons. The third-order valence-corrected chi connectivity index (χ3v) is 8.02. The predicted molar refractivity (Wildman–Crippen MR) is 162 cm³/mol. The van der Waals surface area contributed by atoms with Crippen molar-refractivity contribution < 1.29 is 38.7 Å². The first-order valence-electron chi connectivity index (χ1n) is 11.6. The molecule has 2 aromatic rings. The lowest BCUT2D eigenvalue weighted by Gasteiger charge is -2.28. The van der Waals surface area contributed by atoms with E-state index in [1.165, 1.54) is 0 Å². The van der Waals surface area contributed by atoms with Gasteiger partial charge in [-0.3, -0.25) is 0 Å². The third-order valence-electron chi connectivity index (χ3n) is 5.66. The molecule has 12 heteroatoms. The number of carboxylic acid groups (broad SMARTS) is 2. The first-order valence-corrected chi connectivity index (χ1v) is 14.7. The minimum Gasteiger partial charge on any atom is -0.487 e. The fraction of sp³-hybridized carbons (Fsp3) is 0.333. The van der Waals surface area contributed by atoms with Gasteiger partial charge in [-0.2, -0.15) is 0 Å². The summed E-state index contributed by atoms with van der Waals surface area (Å²) in [6.45, 7) is 11.4. The molecule has 2 rings (SSSR count). The second-order valence-corrected chi connectivity index (χ2v) is 12.3. The highest BCUT2D eigenvalue weighted by Gasteiger charge is 2.28. The molecule has 0 spiro atoms. The van der Waals surface area contributed by atoms with E-state index in [9.17, 15) is 9.59 Å². The van der Waals surface area contributed by atoms with Gasteiger partial charge >= 0.3 is 12.3 Å². The van der Waals surface area contributed by atoms with Crippen LogP contribution in [0.2, 0.25) is 0 Å². The first kappa shape index (κ1) is 33.2. The largest absolute Gasteiger partial charge is 0.506 e. The highest BCUT2D eigenvalue weighted by Crippen LogP contribution is 2.44. The molecule has 0 amide bonds. The molecule has 0 heterocycles. The van der Waals surface area contributed by atoms with E-state index < -0.39 is 29.9 Å². The Morgan fingerprint density at radius 3 is 1.33 bits per heavy atom. The lowest BCUT2D eigenvalue weighted by Crippen LogP contribution is -2.24. The average molecular weight is 800 g/mol. The molecular weight excluding hydrogens is 772 g/mol. The molecule has 0 aliphatic rings. The molecule has 0 bridgehead atoms. The second-order valence-electron chi connectivity index (χ2n) is 8.85. The molecule has 2 N–H and O–H groups in total. The van der Waals surface area contributed by atoms with Crippen LogP contribution in [0.15, 0.2) is 67.5 Å². The SMILES string of the molecule is C=CCC(COc1c(Br)cc(C(C)(C)c2cc(Br)c(OCC(CC=C)OC(=O)O)c(Br)c2)cc1Br)OC(=O)O. The molecule has 0 aromatic heterocycles. The summed E-state index contributed by atoms with van der Waals surface area (Å²) >= 11 is 14.3. The van der Waals surface area contributed by atoms with Crippen molar-refractivity contribution in [2.75, 3.05) is 13.2 Å². The van der Waals surface area contributed by atoms with Crippen molar-refractivity contribution in [1.82, 2.24) is 0 Å². The first-order chi connectivity index (χ1) is 18.3. The Bertz CT molecular complexity index is 1080. The summed E-state index contributed by atoms with van der Waals surface area (Å²) in [5, 5.41) is 17.9. The Balaban J connectivity index is 2.28. The van der Waals surface area contributed by atoms with Crippen LogP contribution in [0, 0.1) is 0 Å². The zero-order chi connectivity index (χ0) is 29.3.